The molecule has 0 bridgehead atoms. The fraction of sp³-hybridized carbons (Fsp3) is 0.167. The molecule has 1 aliphatic heterocycles. The summed E-state index contributed by atoms with van der Waals surface area (Å²) in [4.78, 5) is 17.0. The first-order valence-corrected chi connectivity index (χ1v) is 7.56. The molecule has 0 saturated heterocycles. The molecular formula is C18H18N4O. The molecule has 0 spiro atoms. The number of benzene rings is 2. The van der Waals surface area contributed by atoms with Gasteiger partial charge in [-0.25, -0.2) is 4.99 Å². The Labute approximate surface area is 135 Å². The summed E-state index contributed by atoms with van der Waals surface area (Å²) in [7, 11) is 0. The summed E-state index contributed by atoms with van der Waals surface area (Å²) in [6.45, 7) is 4.71. The molecule has 1 N–H and O–H groups in total. The zero-order chi connectivity index (χ0) is 16.2. The van der Waals surface area contributed by atoms with Crippen LogP contribution in [0, 0.1) is 0 Å². The number of aliphatic imine (C=N–C) groups is 1. The molecule has 2 aromatic rings. The quantitative estimate of drug-likeness (QED) is 0.938. The van der Waals surface area contributed by atoms with Gasteiger partial charge in [-0.3, -0.25) is 4.79 Å². The number of rotatable bonds is 4. The van der Waals surface area contributed by atoms with Crippen LogP contribution in [0.2, 0.25) is 0 Å². The Bertz CT molecular complexity index is 763. The number of carbonyl (C=O) groups excluding carboxylic acids is 1. The van der Waals surface area contributed by atoms with Gasteiger partial charge < -0.3 is 5.32 Å². The molecule has 0 aromatic heterocycles. The van der Waals surface area contributed by atoms with Crippen molar-refractivity contribution in [3.63, 3.8) is 0 Å². The Kier molecular flexibility index (Phi) is 4.19. The van der Waals surface area contributed by atoms with Gasteiger partial charge in [0.25, 0.3) is 5.91 Å². The highest BCUT2D eigenvalue weighted by molar-refractivity contribution is 6.71. The Morgan fingerprint density at radius 1 is 1.09 bits per heavy atom. The summed E-state index contributed by atoms with van der Waals surface area (Å²) in [5, 5.41) is 8.94. The summed E-state index contributed by atoms with van der Waals surface area (Å²) in [6, 6.07) is 17.0. The zero-order valence-corrected chi connectivity index (χ0v) is 13.2. The Balaban J connectivity index is 1.86. The van der Waals surface area contributed by atoms with Crippen molar-refractivity contribution in [3.05, 3.63) is 54.6 Å². The van der Waals surface area contributed by atoms with Crippen molar-refractivity contribution in [2.24, 2.45) is 10.1 Å². The van der Waals surface area contributed by atoms with Gasteiger partial charge in [0, 0.05) is 12.2 Å². The fourth-order valence-electron chi connectivity index (χ4n) is 2.36. The normalized spacial score (nSPS) is 15.9. The van der Waals surface area contributed by atoms with Crippen molar-refractivity contribution in [3.8, 4) is 0 Å². The van der Waals surface area contributed by atoms with Gasteiger partial charge in [-0.1, -0.05) is 18.2 Å². The van der Waals surface area contributed by atoms with E-state index >= 15 is 0 Å². The van der Waals surface area contributed by atoms with E-state index in [0.29, 0.717) is 11.4 Å². The first-order valence-electron chi connectivity index (χ1n) is 7.56. The first kappa shape index (κ1) is 15.0. The standard InChI is InChI=1S/C18H18N4O/c1-3-19-14-9-11-15(12-10-14)20-17-13(2)21-22(18(17)23)16-7-5-4-6-8-16/h4-12,19H,3H2,1-2H3. The maximum Gasteiger partial charge on any atom is 0.299 e. The average Bonchev–Trinajstić information content (AvgIpc) is 2.86. The molecule has 0 unspecified atom stereocenters. The third kappa shape index (κ3) is 3.13. The van der Waals surface area contributed by atoms with Gasteiger partial charge in [-0.2, -0.15) is 10.1 Å². The molecule has 0 fully saturated rings. The van der Waals surface area contributed by atoms with Gasteiger partial charge in [-0.15, -0.1) is 0 Å². The molecule has 0 atom stereocenters. The van der Waals surface area contributed by atoms with Gasteiger partial charge in [0.15, 0.2) is 5.71 Å². The van der Waals surface area contributed by atoms with Gasteiger partial charge in [0.1, 0.15) is 0 Å². The van der Waals surface area contributed by atoms with Crippen LogP contribution in [0.15, 0.2) is 64.7 Å². The second kappa shape index (κ2) is 6.44. The van der Waals surface area contributed by atoms with E-state index in [-0.39, 0.29) is 5.91 Å². The van der Waals surface area contributed by atoms with Crippen molar-refractivity contribution >= 4 is 34.4 Å². The Morgan fingerprint density at radius 3 is 2.43 bits per heavy atom. The zero-order valence-electron chi connectivity index (χ0n) is 13.2. The highest BCUT2D eigenvalue weighted by Crippen LogP contribution is 2.22. The number of nitrogens with zero attached hydrogens (tertiary/aromatic N) is 3. The number of hydrogen-bond acceptors (Lipinski definition) is 4. The van der Waals surface area contributed by atoms with E-state index in [1.54, 1.807) is 6.92 Å². The van der Waals surface area contributed by atoms with Crippen molar-refractivity contribution < 1.29 is 4.79 Å². The molecule has 0 radical (unpaired) electrons. The number of nitrogens with one attached hydrogen (secondary N) is 1. The number of amides is 1. The predicted molar refractivity (Wildman–Crippen MR) is 94.7 cm³/mol. The molecule has 1 heterocycles. The summed E-state index contributed by atoms with van der Waals surface area (Å²) in [5.41, 5.74) is 3.51. The van der Waals surface area contributed by atoms with Gasteiger partial charge >= 0.3 is 0 Å². The minimum absolute atomic E-state index is 0.204. The van der Waals surface area contributed by atoms with E-state index in [4.69, 9.17) is 0 Å². The van der Waals surface area contributed by atoms with Crippen LogP contribution in [0.25, 0.3) is 0 Å². The summed E-state index contributed by atoms with van der Waals surface area (Å²) >= 11 is 0. The highest BCUT2D eigenvalue weighted by Gasteiger charge is 2.30. The lowest BCUT2D eigenvalue weighted by Gasteiger charge is -2.10. The largest absolute Gasteiger partial charge is 0.385 e. The highest BCUT2D eigenvalue weighted by atomic mass is 16.2. The molecular weight excluding hydrogens is 288 g/mol. The Hall–Kier alpha value is -2.95. The minimum atomic E-state index is -0.204. The van der Waals surface area contributed by atoms with Crippen LogP contribution in [-0.2, 0) is 4.79 Å². The molecule has 0 aliphatic carbocycles. The van der Waals surface area contributed by atoms with Crippen molar-refractivity contribution in [2.45, 2.75) is 13.8 Å². The topological polar surface area (TPSA) is 57.1 Å². The molecule has 3 rings (SSSR count). The molecule has 23 heavy (non-hydrogen) atoms. The van der Waals surface area contributed by atoms with Crippen LogP contribution < -0.4 is 10.3 Å². The van der Waals surface area contributed by atoms with Crippen LogP contribution in [-0.4, -0.2) is 23.9 Å². The number of anilines is 2. The smallest absolute Gasteiger partial charge is 0.299 e. The van der Waals surface area contributed by atoms with E-state index in [1.807, 2.05) is 61.5 Å². The molecule has 0 saturated carbocycles. The number of carbonyl (C=O) groups is 1. The van der Waals surface area contributed by atoms with Crippen molar-refractivity contribution in [1.29, 1.82) is 0 Å². The lowest BCUT2D eigenvalue weighted by Crippen LogP contribution is -2.26. The minimum Gasteiger partial charge on any atom is -0.385 e. The van der Waals surface area contributed by atoms with Gasteiger partial charge in [0.05, 0.1) is 17.1 Å². The second-order valence-electron chi connectivity index (χ2n) is 5.18. The predicted octanol–water partition coefficient (Wildman–Crippen LogP) is 3.61. The van der Waals surface area contributed by atoms with Crippen LogP contribution >= 0.6 is 0 Å². The van der Waals surface area contributed by atoms with Crippen LogP contribution in [0.5, 0.6) is 0 Å². The van der Waals surface area contributed by atoms with Gasteiger partial charge in [0.2, 0.25) is 0 Å². The van der Waals surface area contributed by atoms with Crippen molar-refractivity contribution in [2.75, 3.05) is 16.9 Å². The monoisotopic (exact) mass is 306 g/mol. The molecule has 5 nitrogen and oxygen atoms in total. The van der Waals surface area contributed by atoms with Gasteiger partial charge in [-0.05, 0) is 50.2 Å². The third-order valence-corrected chi connectivity index (χ3v) is 3.48. The molecule has 1 amide bonds. The van der Waals surface area contributed by atoms with E-state index < -0.39 is 0 Å². The van der Waals surface area contributed by atoms with Crippen LogP contribution in [0.1, 0.15) is 13.8 Å². The van der Waals surface area contributed by atoms with Crippen molar-refractivity contribution in [1.82, 2.24) is 0 Å². The average molecular weight is 306 g/mol. The van der Waals surface area contributed by atoms with E-state index in [9.17, 15) is 4.79 Å². The van der Waals surface area contributed by atoms with E-state index in [1.165, 1.54) is 5.01 Å². The number of para-hydroxylation sites is 1. The molecule has 2 aromatic carbocycles. The number of hydrogen-bond donors (Lipinski definition) is 1. The second-order valence-corrected chi connectivity index (χ2v) is 5.18. The summed E-state index contributed by atoms with van der Waals surface area (Å²) in [5.74, 6) is -0.204. The molecule has 5 heteroatoms. The number of hydrazone groups is 1. The summed E-state index contributed by atoms with van der Waals surface area (Å²) in [6.07, 6.45) is 0. The lowest BCUT2D eigenvalue weighted by molar-refractivity contribution is -0.112. The fourth-order valence-corrected chi connectivity index (χ4v) is 2.36. The summed E-state index contributed by atoms with van der Waals surface area (Å²) < 4.78 is 0. The lowest BCUT2D eigenvalue weighted by atomic mass is 10.2. The van der Waals surface area contributed by atoms with Crippen LogP contribution in [0.4, 0.5) is 17.1 Å². The van der Waals surface area contributed by atoms with E-state index in [2.05, 4.69) is 15.4 Å². The van der Waals surface area contributed by atoms with E-state index in [0.717, 1.165) is 23.6 Å². The third-order valence-electron chi connectivity index (χ3n) is 3.48. The first-order chi connectivity index (χ1) is 11.2. The SMILES string of the molecule is CCNc1ccc(N=C2C(=O)N(c3ccccc3)N=C2C)cc1. The molecule has 1 aliphatic rings. The maximum atomic E-state index is 12.6. The van der Waals surface area contributed by atoms with Crippen LogP contribution in [0.3, 0.4) is 0 Å². The molecule has 116 valence electrons. The Morgan fingerprint density at radius 2 is 1.78 bits per heavy atom. The maximum absolute atomic E-state index is 12.6.